The smallest absolute Gasteiger partial charge is 0.345 e. The van der Waals surface area contributed by atoms with Crippen molar-refractivity contribution >= 4 is 17.6 Å². The van der Waals surface area contributed by atoms with Crippen LogP contribution in [0.4, 0.5) is 5.69 Å². The van der Waals surface area contributed by atoms with Crippen LogP contribution in [-0.2, 0) is 9.63 Å². The lowest BCUT2D eigenvalue weighted by atomic mass is 10.1. The van der Waals surface area contributed by atoms with E-state index in [2.05, 4.69) is 15.8 Å². The quantitative estimate of drug-likeness (QED) is 0.694. The van der Waals surface area contributed by atoms with Gasteiger partial charge in [0.2, 0.25) is 0 Å². The van der Waals surface area contributed by atoms with Gasteiger partial charge < -0.3 is 4.84 Å². The summed E-state index contributed by atoms with van der Waals surface area (Å²) in [6.45, 7) is 1.93. The molecule has 0 aliphatic carbocycles. The standard InChI is InChI=1S/C17H14N4O3/c1-12-7-9-13(10-8-12)16(22)19-18-11-15-17(23)24-20-21(15)14-5-3-2-4-6-14/h2-11,20H,1H3/b15-11+,19-18?. The second kappa shape index (κ2) is 6.84. The summed E-state index contributed by atoms with van der Waals surface area (Å²) < 4.78 is 0. The number of hydrogen-bond acceptors (Lipinski definition) is 6. The van der Waals surface area contributed by atoms with Gasteiger partial charge >= 0.3 is 5.97 Å². The molecule has 0 radical (unpaired) electrons. The Morgan fingerprint density at radius 1 is 1.12 bits per heavy atom. The number of nitrogens with zero attached hydrogens (tertiary/aromatic N) is 3. The molecule has 0 spiro atoms. The van der Waals surface area contributed by atoms with Gasteiger partial charge in [0, 0.05) is 5.56 Å². The van der Waals surface area contributed by atoms with E-state index in [1.165, 1.54) is 11.2 Å². The number of rotatable bonds is 3. The Morgan fingerprint density at radius 3 is 2.54 bits per heavy atom. The lowest BCUT2D eigenvalue weighted by Crippen LogP contribution is -2.28. The summed E-state index contributed by atoms with van der Waals surface area (Å²) in [6, 6.07) is 16.0. The fraction of sp³-hybridized carbons (Fsp3) is 0.0588. The van der Waals surface area contributed by atoms with Gasteiger partial charge in [0.25, 0.3) is 5.91 Å². The number of hydrazine groups is 1. The molecule has 0 atom stereocenters. The molecular weight excluding hydrogens is 308 g/mol. The first kappa shape index (κ1) is 15.6. The van der Waals surface area contributed by atoms with E-state index < -0.39 is 11.9 Å². The van der Waals surface area contributed by atoms with E-state index in [0.717, 1.165) is 5.56 Å². The first-order valence-corrected chi connectivity index (χ1v) is 7.19. The molecule has 2 aromatic carbocycles. The second-order valence-electron chi connectivity index (χ2n) is 5.05. The van der Waals surface area contributed by atoms with Crippen molar-refractivity contribution in [3.8, 4) is 0 Å². The van der Waals surface area contributed by atoms with Crippen molar-refractivity contribution in [2.75, 3.05) is 5.01 Å². The summed E-state index contributed by atoms with van der Waals surface area (Å²) in [5.74, 6) is -1.10. The van der Waals surface area contributed by atoms with Gasteiger partial charge in [-0.05, 0) is 31.2 Å². The van der Waals surface area contributed by atoms with Gasteiger partial charge in [0.05, 0.1) is 11.9 Å². The summed E-state index contributed by atoms with van der Waals surface area (Å²) in [5.41, 5.74) is 4.76. The highest BCUT2D eigenvalue weighted by atomic mass is 16.7. The SMILES string of the molecule is Cc1ccc(C(=O)N=N/C=C2\C(=O)ONN2c2ccccc2)cc1. The molecule has 24 heavy (non-hydrogen) atoms. The van der Waals surface area contributed by atoms with Crippen molar-refractivity contribution in [2.45, 2.75) is 6.92 Å². The number of amides is 1. The molecule has 1 aliphatic heterocycles. The predicted molar refractivity (Wildman–Crippen MR) is 86.6 cm³/mol. The maximum Gasteiger partial charge on any atom is 0.378 e. The highest BCUT2D eigenvalue weighted by Crippen LogP contribution is 2.21. The van der Waals surface area contributed by atoms with Crippen LogP contribution in [0.3, 0.4) is 0 Å². The largest absolute Gasteiger partial charge is 0.378 e. The minimum atomic E-state index is -0.611. The molecule has 3 rings (SSSR count). The number of benzene rings is 2. The summed E-state index contributed by atoms with van der Waals surface area (Å²) in [7, 11) is 0. The lowest BCUT2D eigenvalue weighted by molar-refractivity contribution is -0.140. The molecular formula is C17H14N4O3. The fourth-order valence-electron chi connectivity index (χ4n) is 2.05. The van der Waals surface area contributed by atoms with Crippen LogP contribution in [0.1, 0.15) is 15.9 Å². The van der Waals surface area contributed by atoms with Crippen LogP contribution >= 0.6 is 0 Å². The van der Waals surface area contributed by atoms with Gasteiger partial charge in [0.15, 0.2) is 5.70 Å². The number of aryl methyl sites for hydroxylation is 1. The molecule has 7 heteroatoms. The molecule has 1 heterocycles. The van der Waals surface area contributed by atoms with Crippen LogP contribution in [0.25, 0.3) is 0 Å². The zero-order chi connectivity index (χ0) is 16.9. The number of hydrogen-bond donors (Lipinski definition) is 1. The first-order valence-electron chi connectivity index (χ1n) is 7.19. The molecule has 0 saturated carbocycles. The topological polar surface area (TPSA) is 83.4 Å². The van der Waals surface area contributed by atoms with Gasteiger partial charge in [-0.3, -0.25) is 4.79 Å². The van der Waals surface area contributed by atoms with Gasteiger partial charge in [-0.15, -0.1) is 5.11 Å². The molecule has 1 N–H and O–H groups in total. The molecule has 7 nitrogen and oxygen atoms in total. The maximum atomic E-state index is 11.9. The molecule has 1 fully saturated rings. The van der Waals surface area contributed by atoms with Crippen LogP contribution in [0, 0.1) is 6.92 Å². The number of carbonyl (C=O) groups is 2. The van der Waals surface area contributed by atoms with Crippen molar-refractivity contribution < 1.29 is 14.4 Å². The maximum absolute atomic E-state index is 11.9. The van der Waals surface area contributed by atoms with Crippen molar-refractivity contribution in [1.82, 2.24) is 5.59 Å². The van der Waals surface area contributed by atoms with Crippen LogP contribution in [0.2, 0.25) is 0 Å². The summed E-state index contributed by atoms with van der Waals surface area (Å²) in [6.07, 6.45) is 1.18. The number of azo groups is 1. The van der Waals surface area contributed by atoms with E-state index in [4.69, 9.17) is 4.84 Å². The summed E-state index contributed by atoms with van der Waals surface area (Å²) >= 11 is 0. The predicted octanol–water partition coefficient (Wildman–Crippen LogP) is 2.91. The molecule has 1 saturated heterocycles. The highest BCUT2D eigenvalue weighted by Gasteiger charge is 2.29. The van der Waals surface area contributed by atoms with Crippen molar-refractivity contribution in [2.24, 2.45) is 10.2 Å². The van der Waals surface area contributed by atoms with E-state index in [-0.39, 0.29) is 5.70 Å². The number of para-hydroxylation sites is 1. The second-order valence-corrected chi connectivity index (χ2v) is 5.05. The third kappa shape index (κ3) is 3.36. The Labute approximate surface area is 138 Å². The normalized spacial score (nSPS) is 16.0. The van der Waals surface area contributed by atoms with Crippen LogP contribution < -0.4 is 10.6 Å². The van der Waals surface area contributed by atoms with Crippen molar-refractivity contribution in [3.63, 3.8) is 0 Å². The van der Waals surface area contributed by atoms with Crippen molar-refractivity contribution in [3.05, 3.63) is 77.6 Å². The van der Waals surface area contributed by atoms with E-state index in [1.807, 2.05) is 37.3 Å². The number of carbonyl (C=O) groups excluding carboxylic acids is 2. The molecule has 120 valence electrons. The zero-order valence-corrected chi connectivity index (χ0v) is 12.8. The molecule has 1 aliphatic rings. The summed E-state index contributed by atoms with van der Waals surface area (Å²) in [5, 5.41) is 8.72. The minimum Gasteiger partial charge on any atom is -0.345 e. The van der Waals surface area contributed by atoms with Crippen LogP contribution in [0.5, 0.6) is 0 Å². The van der Waals surface area contributed by atoms with Crippen LogP contribution in [-0.4, -0.2) is 11.9 Å². The zero-order valence-electron chi connectivity index (χ0n) is 12.8. The molecule has 1 amide bonds. The van der Waals surface area contributed by atoms with Crippen molar-refractivity contribution in [1.29, 1.82) is 0 Å². The first-order chi connectivity index (χ1) is 11.6. The summed E-state index contributed by atoms with van der Waals surface area (Å²) in [4.78, 5) is 28.5. The molecule has 0 aromatic heterocycles. The molecule has 0 unspecified atom stereocenters. The minimum absolute atomic E-state index is 0.127. The average Bonchev–Trinajstić information content (AvgIpc) is 2.97. The van der Waals surface area contributed by atoms with Crippen LogP contribution in [0.15, 0.2) is 76.7 Å². The molecule has 2 aromatic rings. The number of anilines is 1. The Kier molecular flexibility index (Phi) is 4.44. The Bertz CT molecular complexity index is 813. The van der Waals surface area contributed by atoms with Gasteiger partial charge in [0.1, 0.15) is 0 Å². The third-order valence-electron chi connectivity index (χ3n) is 3.32. The monoisotopic (exact) mass is 322 g/mol. The van der Waals surface area contributed by atoms with E-state index in [9.17, 15) is 9.59 Å². The lowest BCUT2D eigenvalue weighted by Gasteiger charge is -2.14. The Morgan fingerprint density at radius 2 is 1.83 bits per heavy atom. The third-order valence-corrected chi connectivity index (χ3v) is 3.32. The number of nitrogens with one attached hydrogen (secondary N) is 1. The Hall–Kier alpha value is -3.32. The Balaban J connectivity index is 1.77. The van der Waals surface area contributed by atoms with Gasteiger partial charge in [-0.25, -0.2) is 9.80 Å². The fourth-order valence-corrected chi connectivity index (χ4v) is 2.05. The molecule has 0 bridgehead atoms. The van der Waals surface area contributed by atoms with Gasteiger partial charge in [-0.2, -0.15) is 5.11 Å². The van der Waals surface area contributed by atoms with E-state index in [1.54, 1.807) is 24.3 Å². The highest BCUT2D eigenvalue weighted by molar-refractivity contribution is 5.95. The van der Waals surface area contributed by atoms with E-state index in [0.29, 0.717) is 11.3 Å². The average molecular weight is 322 g/mol. The van der Waals surface area contributed by atoms with Gasteiger partial charge in [-0.1, -0.05) is 41.5 Å². The van der Waals surface area contributed by atoms with E-state index >= 15 is 0 Å².